The fraction of sp³-hybridized carbons (Fsp3) is 0.267. The van der Waals surface area contributed by atoms with E-state index in [2.05, 4.69) is 15.3 Å². The van der Waals surface area contributed by atoms with Gasteiger partial charge in [0.15, 0.2) is 0 Å². The van der Waals surface area contributed by atoms with Crippen molar-refractivity contribution < 1.29 is 23.0 Å². The summed E-state index contributed by atoms with van der Waals surface area (Å²) in [5.41, 5.74) is -0.275. The van der Waals surface area contributed by atoms with Gasteiger partial charge in [-0.2, -0.15) is 0 Å². The van der Waals surface area contributed by atoms with Crippen LogP contribution in [0.2, 0.25) is 0 Å². The molecular formula is C15H15F2N3O3. The van der Waals surface area contributed by atoms with Gasteiger partial charge in [-0.15, -0.1) is 0 Å². The summed E-state index contributed by atoms with van der Waals surface area (Å²) >= 11 is 0. The molecule has 0 aliphatic carbocycles. The molecule has 1 N–H and O–H groups in total. The summed E-state index contributed by atoms with van der Waals surface area (Å²) in [6.45, 7) is 1.44. The molecule has 0 saturated heterocycles. The molecule has 23 heavy (non-hydrogen) atoms. The molecular weight excluding hydrogens is 308 g/mol. The Bertz CT molecular complexity index is 723. The Morgan fingerprint density at radius 1 is 1.17 bits per heavy atom. The highest BCUT2D eigenvalue weighted by atomic mass is 19.3. The Morgan fingerprint density at radius 3 is 2.52 bits per heavy atom. The minimum absolute atomic E-state index is 0.0923. The highest BCUT2D eigenvalue weighted by Crippen LogP contribution is 2.29. The zero-order valence-corrected chi connectivity index (χ0v) is 12.8. The van der Waals surface area contributed by atoms with Crippen LogP contribution in [0.5, 0.6) is 11.5 Å². The van der Waals surface area contributed by atoms with Crippen molar-refractivity contribution in [3.8, 4) is 11.5 Å². The normalized spacial score (nSPS) is 10.5. The number of amides is 1. The zero-order chi connectivity index (χ0) is 17.0. The minimum atomic E-state index is -2.78. The van der Waals surface area contributed by atoms with Crippen LogP contribution in [0.1, 0.15) is 28.4 Å². The molecule has 122 valence electrons. The number of aromatic nitrogens is 2. The van der Waals surface area contributed by atoms with Crippen LogP contribution in [0.25, 0.3) is 0 Å². The number of halogens is 2. The van der Waals surface area contributed by atoms with Gasteiger partial charge in [-0.3, -0.25) is 4.79 Å². The molecule has 0 radical (unpaired) electrons. The van der Waals surface area contributed by atoms with Crippen molar-refractivity contribution in [1.29, 1.82) is 0 Å². The number of hydrogen-bond acceptors (Lipinski definition) is 5. The van der Waals surface area contributed by atoms with Gasteiger partial charge in [0.2, 0.25) is 0 Å². The number of alkyl halides is 2. The molecule has 0 saturated carbocycles. The molecule has 1 aromatic carbocycles. The van der Waals surface area contributed by atoms with Crippen molar-refractivity contribution in [3.05, 3.63) is 41.5 Å². The van der Waals surface area contributed by atoms with E-state index in [9.17, 15) is 13.6 Å². The Hall–Kier alpha value is -2.77. The van der Waals surface area contributed by atoms with Gasteiger partial charge in [0, 0.05) is 6.07 Å². The summed E-state index contributed by atoms with van der Waals surface area (Å²) in [5.74, 6) is 0.380. The lowest BCUT2D eigenvalue weighted by Crippen LogP contribution is -2.16. The standard InChI is InChI=1S/C15H15F2N3O3/c1-8-18-11(14(16)17)7-12(19-8)15(21)20-10-5-4-9(22-2)6-13(10)23-3/h4-7,14H,1-3H3,(H,20,21). The second-order valence-electron chi connectivity index (χ2n) is 4.55. The largest absolute Gasteiger partial charge is 0.497 e. The molecule has 1 heterocycles. The fourth-order valence-electron chi connectivity index (χ4n) is 1.91. The van der Waals surface area contributed by atoms with Crippen molar-refractivity contribution >= 4 is 11.6 Å². The molecule has 0 atom stereocenters. The van der Waals surface area contributed by atoms with Crippen LogP contribution in [-0.2, 0) is 0 Å². The van der Waals surface area contributed by atoms with Gasteiger partial charge in [0.1, 0.15) is 28.7 Å². The number of aryl methyl sites for hydroxylation is 1. The molecule has 8 heteroatoms. The maximum atomic E-state index is 12.8. The van der Waals surface area contributed by atoms with Crippen molar-refractivity contribution in [2.45, 2.75) is 13.3 Å². The van der Waals surface area contributed by atoms with E-state index in [4.69, 9.17) is 9.47 Å². The van der Waals surface area contributed by atoms with E-state index in [-0.39, 0.29) is 11.5 Å². The number of hydrogen-bond donors (Lipinski definition) is 1. The highest BCUT2D eigenvalue weighted by Gasteiger charge is 2.17. The van der Waals surface area contributed by atoms with Gasteiger partial charge in [-0.05, 0) is 25.1 Å². The Labute approximate surface area is 131 Å². The van der Waals surface area contributed by atoms with Crippen LogP contribution in [0.3, 0.4) is 0 Å². The average Bonchev–Trinajstić information content (AvgIpc) is 2.54. The van der Waals surface area contributed by atoms with Gasteiger partial charge in [-0.1, -0.05) is 0 Å². The van der Waals surface area contributed by atoms with Gasteiger partial charge in [0.25, 0.3) is 12.3 Å². The van der Waals surface area contributed by atoms with Crippen molar-refractivity contribution in [2.24, 2.45) is 0 Å². The number of anilines is 1. The first kappa shape index (κ1) is 16.6. The molecule has 0 bridgehead atoms. The molecule has 2 aromatic rings. The fourth-order valence-corrected chi connectivity index (χ4v) is 1.91. The van der Waals surface area contributed by atoms with E-state index in [0.717, 1.165) is 6.07 Å². The smallest absolute Gasteiger partial charge is 0.280 e. The van der Waals surface area contributed by atoms with Gasteiger partial charge in [0.05, 0.1) is 19.9 Å². The maximum Gasteiger partial charge on any atom is 0.280 e. The lowest BCUT2D eigenvalue weighted by molar-refractivity contribution is 0.102. The van der Waals surface area contributed by atoms with Gasteiger partial charge < -0.3 is 14.8 Å². The lowest BCUT2D eigenvalue weighted by Gasteiger charge is -2.12. The first-order chi connectivity index (χ1) is 10.9. The summed E-state index contributed by atoms with van der Waals surface area (Å²) in [6.07, 6.45) is -2.78. The first-order valence-corrected chi connectivity index (χ1v) is 6.61. The van der Waals surface area contributed by atoms with E-state index >= 15 is 0 Å². The maximum absolute atomic E-state index is 12.8. The molecule has 0 fully saturated rings. The first-order valence-electron chi connectivity index (χ1n) is 6.61. The second-order valence-corrected chi connectivity index (χ2v) is 4.55. The van der Waals surface area contributed by atoms with E-state index in [0.29, 0.717) is 17.2 Å². The molecule has 1 amide bonds. The molecule has 2 rings (SSSR count). The van der Waals surface area contributed by atoms with Crippen LogP contribution in [0, 0.1) is 6.92 Å². The van der Waals surface area contributed by atoms with E-state index in [1.54, 1.807) is 18.2 Å². The number of ether oxygens (including phenoxy) is 2. The SMILES string of the molecule is COc1ccc(NC(=O)c2cc(C(F)F)nc(C)n2)c(OC)c1. The number of benzene rings is 1. The third kappa shape index (κ3) is 3.91. The molecule has 0 aliphatic rings. The quantitative estimate of drug-likeness (QED) is 0.915. The third-order valence-corrected chi connectivity index (χ3v) is 2.97. The van der Waals surface area contributed by atoms with Crippen LogP contribution in [-0.4, -0.2) is 30.1 Å². The molecule has 0 unspecified atom stereocenters. The number of carbonyl (C=O) groups is 1. The van der Waals surface area contributed by atoms with Crippen LogP contribution >= 0.6 is 0 Å². The summed E-state index contributed by atoms with van der Waals surface area (Å²) in [7, 11) is 2.94. The number of rotatable bonds is 5. The number of carbonyl (C=O) groups excluding carboxylic acids is 1. The van der Waals surface area contributed by atoms with Gasteiger partial charge in [-0.25, -0.2) is 18.7 Å². The Balaban J connectivity index is 2.29. The predicted octanol–water partition coefficient (Wildman–Crippen LogP) is 2.99. The summed E-state index contributed by atoms with van der Waals surface area (Å²) in [6, 6.07) is 5.76. The Morgan fingerprint density at radius 2 is 1.91 bits per heavy atom. The Kier molecular flexibility index (Phi) is 5.05. The van der Waals surface area contributed by atoms with E-state index < -0.39 is 18.0 Å². The topological polar surface area (TPSA) is 73.3 Å². The van der Waals surface area contributed by atoms with Crippen molar-refractivity contribution in [2.75, 3.05) is 19.5 Å². The molecule has 1 aromatic heterocycles. The monoisotopic (exact) mass is 323 g/mol. The predicted molar refractivity (Wildman–Crippen MR) is 79.2 cm³/mol. The molecule has 0 aliphatic heterocycles. The van der Waals surface area contributed by atoms with Crippen LogP contribution in [0.4, 0.5) is 14.5 Å². The van der Waals surface area contributed by atoms with Crippen LogP contribution in [0.15, 0.2) is 24.3 Å². The minimum Gasteiger partial charge on any atom is -0.497 e. The molecule has 6 nitrogen and oxygen atoms in total. The number of nitrogens with zero attached hydrogens (tertiary/aromatic N) is 2. The van der Waals surface area contributed by atoms with Gasteiger partial charge >= 0.3 is 0 Å². The zero-order valence-electron chi connectivity index (χ0n) is 12.8. The number of methoxy groups -OCH3 is 2. The van der Waals surface area contributed by atoms with E-state index in [1.807, 2.05) is 0 Å². The average molecular weight is 323 g/mol. The molecule has 0 spiro atoms. The van der Waals surface area contributed by atoms with E-state index in [1.165, 1.54) is 21.1 Å². The summed E-state index contributed by atoms with van der Waals surface area (Å²) in [4.78, 5) is 19.7. The summed E-state index contributed by atoms with van der Waals surface area (Å²) in [5, 5.41) is 2.57. The van der Waals surface area contributed by atoms with Crippen LogP contribution < -0.4 is 14.8 Å². The summed E-state index contributed by atoms with van der Waals surface area (Å²) < 4.78 is 35.8. The highest BCUT2D eigenvalue weighted by molar-refractivity contribution is 6.03. The number of nitrogens with one attached hydrogen (secondary N) is 1. The second kappa shape index (κ2) is 6.99. The van der Waals surface area contributed by atoms with Crippen molar-refractivity contribution in [3.63, 3.8) is 0 Å². The van der Waals surface area contributed by atoms with Crippen molar-refractivity contribution in [1.82, 2.24) is 9.97 Å². The third-order valence-electron chi connectivity index (χ3n) is 2.97. The lowest BCUT2D eigenvalue weighted by atomic mass is 10.2.